The zero-order valence-electron chi connectivity index (χ0n) is 17.4. The van der Waals surface area contributed by atoms with E-state index in [2.05, 4.69) is 5.32 Å². The SMILES string of the molecule is Cc1cc(-c2ccc(C(=O)O)c(NC(=O)c3cc(C(O)CO)ccc3C(=O)O)c2)ccc1F. The van der Waals surface area contributed by atoms with Crippen LogP contribution in [0.1, 0.15) is 48.3 Å². The summed E-state index contributed by atoms with van der Waals surface area (Å²) < 4.78 is 13.6. The first kappa shape index (κ1) is 23.6. The van der Waals surface area contributed by atoms with Gasteiger partial charge in [0.2, 0.25) is 0 Å². The Labute approximate surface area is 187 Å². The molecule has 0 spiro atoms. The number of anilines is 1. The molecule has 3 aromatic carbocycles. The summed E-state index contributed by atoms with van der Waals surface area (Å²) in [5, 5.41) is 40.4. The van der Waals surface area contributed by atoms with Crippen LogP contribution in [0.5, 0.6) is 0 Å². The number of carbonyl (C=O) groups excluding carboxylic acids is 1. The minimum absolute atomic E-state index is 0.101. The van der Waals surface area contributed by atoms with Crippen LogP contribution in [0.2, 0.25) is 0 Å². The predicted molar refractivity (Wildman–Crippen MR) is 117 cm³/mol. The molecule has 0 saturated heterocycles. The van der Waals surface area contributed by atoms with Crippen LogP contribution < -0.4 is 5.32 Å². The molecule has 1 unspecified atom stereocenters. The Balaban J connectivity index is 2.06. The molecule has 33 heavy (non-hydrogen) atoms. The number of nitrogens with one attached hydrogen (secondary N) is 1. The lowest BCUT2D eigenvalue weighted by atomic mass is 9.99. The molecule has 0 saturated carbocycles. The second kappa shape index (κ2) is 9.60. The smallest absolute Gasteiger partial charge is 0.337 e. The second-order valence-corrected chi connectivity index (χ2v) is 7.29. The molecule has 0 aliphatic carbocycles. The number of rotatable bonds is 7. The third kappa shape index (κ3) is 5.05. The maximum absolute atomic E-state index is 13.6. The predicted octanol–water partition coefficient (Wildman–Crippen LogP) is 3.48. The molecule has 0 bridgehead atoms. The summed E-state index contributed by atoms with van der Waals surface area (Å²) in [6, 6.07) is 12.0. The lowest BCUT2D eigenvalue weighted by Crippen LogP contribution is -2.19. The third-order valence-electron chi connectivity index (χ3n) is 5.07. The molecule has 0 aliphatic heterocycles. The Hall–Kier alpha value is -4.08. The van der Waals surface area contributed by atoms with E-state index in [-0.39, 0.29) is 27.9 Å². The monoisotopic (exact) mass is 453 g/mol. The maximum Gasteiger partial charge on any atom is 0.337 e. The van der Waals surface area contributed by atoms with Gasteiger partial charge in [0.25, 0.3) is 5.91 Å². The summed E-state index contributed by atoms with van der Waals surface area (Å²) in [6.07, 6.45) is -1.33. The molecule has 3 rings (SSSR count). The third-order valence-corrected chi connectivity index (χ3v) is 5.07. The van der Waals surface area contributed by atoms with E-state index in [1.54, 1.807) is 13.0 Å². The summed E-state index contributed by atoms with van der Waals surface area (Å²) >= 11 is 0. The van der Waals surface area contributed by atoms with Crippen molar-refractivity contribution in [2.45, 2.75) is 13.0 Å². The standard InChI is InChI=1S/C24H20FNO7/c1-12-8-13(4-7-19(12)25)14-2-6-17(24(32)33)20(10-14)26-22(29)18-9-15(21(28)11-27)3-5-16(18)23(30)31/h2-10,21,27-28H,11H2,1H3,(H,26,29)(H,30,31)(H,32,33). The molecule has 1 amide bonds. The first-order valence-corrected chi connectivity index (χ1v) is 9.73. The molecule has 3 aromatic rings. The molecule has 1 atom stereocenters. The van der Waals surface area contributed by atoms with Crippen molar-refractivity contribution in [3.63, 3.8) is 0 Å². The van der Waals surface area contributed by atoms with Crippen molar-refractivity contribution >= 4 is 23.5 Å². The van der Waals surface area contributed by atoms with Gasteiger partial charge in [0.05, 0.1) is 29.0 Å². The summed E-state index contributed by atoms with van der Waals surface area (Å²) in [6.45, 7) is 0.935. The summed E-state index contributed by atoms with van der Waals surface area (Å²) in [5.41, 5.74) is 0.538. The van der Waals surface area contributed by atoms with Crippen molar-refractivity contribution in [2.75, 3.05) is 11.9 Å². The maximum atomic E-state index is 13.6. The van der Waals surface area contributed by atoms with Gasteiger partial charge in [0.15, 0.2) is 0 Å². The van der Waals surface area contributed by atoms with Crippen LogP contribution in [0.15, 0.2) is 54.6 Å². The van der Waals surface area contributed by atoms with Gasteiger partial charge in [-0.3, -0.25) is 4.79 Å². The van der Waals surface area contributed by atoms with Crippen molar-refractivity contribution in [1.29, 1.82) is 0 Å². The zero-order valence-corrected chi connectivity index (χ0v) is 17.4. The number of amides is 1. The molecule has 0 fully saturated rings. The average molecular weight is 453 g/mol. The van der Waals surface area contributed by atoms with Gasteiger partial charge in [0.1, 0.15) is 11.9 Å². The van der Waals surface area contributed by atoms with E-state index in [1.165, 1.54) is 36.4 Å². The number of halogens is 1. The van der Waals surface area contributed by atoms with Gasteiger partial charge >= 0.3 is 11.9 Å². The molecule has 0 heterocycles. The Morgan fingerprint density at radius 1 is 0.879 bits per heavy atom. The highest BCUT2D eigenvalue weighted by atomic mass is 19.1. The van der Waals surface area contributed by atoms with Gasteiger partial charge in [-0.15, -0.1) is 0 Å². The molecular weight excluding hydrogens is 433 g/mol. The van der Waals surface area contributed by atoms with E-state index in [9.17, 15) is 34.1 Å². The first-order chi connectivity index (χ1) is 15.6. The number of carbonyl (C=O) groups is 3. The Bertz CT molecular complexity index is 1260. The molecule has 5 N–H and O–H groups in total. The van der Waals surface area contributed by atoms with Gasteiger partial charge in [-0.25, -0.2) is 14.0 Å². The quantitative estimate of drug-likeness (QED) is 0.368. The lowest BCUT2D eigenvalue weighted by molar-refractivity contribution is 0.0683. The normalized spacial score (nSPS) is 11.6. The lowest BCUT2D eigenvalue weighted by Gasteiger charge is -2.14. The van der Waals surface area contributed by atoms with Gasteiger partial charge in [-0.05, 0) is 65.6 Å². The van der Waals surface area contributed by atoms with Crippen LogP contribution in [0.3, 0.4) is 0 Å². The number of aromatic carboxylic acids is 2. The summed E-state index contributed by atoms with van der Waals surface area (Å²) in [7, 11) is 0. The highest BCUT2D eigenvalue weighted by Crippen LogP contribution is 2.28. The molecule has 0 aliphatic rings. The first-order valence-electron chi connectivity index (χ1n) is 9.73. The summed E-state index contributed by atoms with van der Waals surface area (Å²) in [4.78, 5) is 36.2. The van der Waals surface area contributed by atoms with Crippen molar-refractivity contribution in [3.05, 3.63) is 88.2 Å². The second-order valence-electron chi connectivity index (χ2n) is 7.29. The molecule has 170 valence electrons. The van der Waals surface area contributed by atoms with Crippen molar-refractivity contribution in [3.8, 4) is 11.1 Å². The fraction of sp³-hybridized carbons (Fsp3) is 0.125. The van der Waals surface area contributed by atoms with E-state index in [1.807, 2.05) is 0 Å². The molecule has 0 aromatic heterocycles. The number of benzene rings is 3. The molecule has 9 heteroatoms. The van der Waals surface area contributed by atoms with Crippen LogP contribution in [0.25, 0.3) is 11.1 Å². The largest absolute Gasteiger partial charge is 0.478 e. The van der Waals surface area contributed by atoms with Gasteiger partial charge in [0, 0.05) is 0 Å². The van der Waals surface area contributed by atoms with Crippen molar-refractivity contribution in [2.24, 2.45) is 0 Å². The van der Waals surface area contributed by atoms with Crippen molar-refractivity contribution in [1.82, 2.24) is 0 Å². The van der Waals surface area contributed by atoms with E-state index >= 15 is 0 Å². The zero-order chi connectivity index (χ0) is 24.3. The Morgan fingerprint density at radius 2 is 1.48 bits per heavy atom. The van der Waals surface area contributed by atoms with Crippen LogP contribution in [-0.4, -0.2) is 44.9 Å². The molecule has 8 nitrogen and oxygen atoms in total. The summed E-state index contributed by atoms with van der Waals surface area (Å²) in [5.74, 6) is -4.05. The van der Waals surface area contributed by atoms with Crippen molar-refractivity contribution < 1.29 is 39.2 Å². The Morgan fingerprint density at radius 3 is 2.09 bits per heavy atom. The fourth-order valence-corrected chi connectivity index (χ4v) is 3.28. The number of aryl methyl sites for hydroxylation is 1. The van der Waals surface area contributed by atoms with Crippen LogP contribution in [-0.2, 0) is 0 Å². The van der Waals surface area contributed by atoms with E-state index in [0.29, 0.717) is 16.7 Å². The van der Waals surface area contributed by atoms with Gasteiger partial charge < -0.3 is 25.7 Å². The van der Waals surface area contributed by atoms with Crippen LogP contribution >= 0.6 is 0 Å². The molecule has 0 radical (unpaired) electrons. The number of aliphatic hydroxyl groups is 2. The molecular formula is C24H20FNO7. The number of aliphatic hydroxyl groups excluding tert-OH is 2. The highest BCUT2D eigenvalue weighted by Gasteiger charge is 2.21. The van der Waals surface area contributed by atoms with E-state index < -0.39 is 36.4 Å². The highest BCUT2D eigenvalue weighted by molar-refractivity contribution is 6.12. The topological polar surface area (TPSA) is 144 Å². The van der Waals surface area contributed by atoms with Crippen LogP contribution in [0, 0.1) is 12.7 Å². The number of hydrogen-bond donors (Lipinski definition) is 5. The number of carboxylic acid groups (broad SMARTS) is 2. The van der Waals surface area contributed by atoms with Gasteiger partial charge in [-0.1, -0.05) is 18.2 Å². The number of carboxylic acids is 2. The Kier molecular flexibility index (Phi) is 6.86. The minimum Gasteiger partial charge on any atom is -0.478 e. The number of hydrogen-bond acceptors (Lipinski definition) is 5. The van der Waals surface area contributed by atoms with E-state index in [4.69, 9.17) is 5.11 Å². The van der Waals surface area contributed by atoms with Crippen LogP contribution in [0.4, 0.5) is 10.1 Å². The fourth-order valence-electron chi connectivity index (χ4n) is 3.28. The van der Waals surface area contributed by atoms with Gasteiger partial charge in [-0.2, -0.15) is 0 Å². The average Bonchev–Trinajstić information content (AvgIpc) is 2.79. The van der Waals surface area contributed by atoms with E-state index in [0.717, 1.165) is 12.1 Å². The minimum atomic E-state index is -1.40.